The minimum absolute atomic E-state index is 0.241. The summed E-state index contributed by atoms with van der Waals surface area (Å²) in [5.74, 6) is 0. The Morgan fingerprint density at radius 3 is 2.82 bits per heavy atom. The van der Waals surface area contributed by atoms with E-state index in [1.165, 1.54) is 5.56 Å². The monoisotopic (exact) mass is 311 g/mol. The van der Waals surface area contributed by atoms with Crippen molar-refractivity contribution in [2.45, 2.75) is 19.9 Å². The lowest BCUT2D eigenvalue weighted by atomic mass is 10.1. The summed E-state index contributed by atoms with van der Waals surface area (Å²) in [6, 6.07) is 6.49. The number of nitrogens with one attached hydrogen (secondary N) is 1. The molecule has 0 radical (unpaired) electrons. The zero-order chi connectivity index (χ0) is 12.4. The summed E-state index contributed by atoms with van der Waals surface area (Å²) in [6.45, 7) is 4.16. The second kappa shape index (κ2) is 5.25. The minimum atomic E-state index is 0.241. The summed E-state index contributed by atoms with van der Waals surface area (Å²) in [7, 11) is 1.92. The molecule has 2 rings (SSSR count). The van der Waals surface area contributed by atoms with Gasteiger partial charge in [0.05, 0.1) is 6.04 Å². The van der Waals surface area contributed by atoms with Gasteiger partial charge in [0.2, 0.25) is 0 Å². The van der Waals surface area contributed by atoms with Gasteiger partial charge in [-0.15, -0.1) is 10.2 Å². The quantitative estimate of drug-likeness (QED) is 0.942. The van der Waals surface area contributed by atoms with E-state index in [1.807, 2.05) is 13.1 Å². The van der Waals surface area contributed by atoms with Gasteiger partial charge in [-0.25, -0.2) is 0 Å². The maximum atomic E-state index is 4.26. The molecule has 0 bridgehead atoms. The summed E-state index contributed by atoms with van der Waals surface area (Å²) in [6.07, 6.45) is 0. The first-order chi connectivity index (χ1) is 8.11. The molecule has 1 N–H and O–H groups in total. The first-order valence-electron chi connectivity index (χ1n) is 5.39. The molecule has 3 nitrogen and oxygen atoms in total. The fourth-order valence-corrected chi connectivity index (χ4v) is 2.95. The number of hydrogen-bond donors (Lipinski definition) is 1. The molecule has 0 saturated heterocycles. The third kappa shape index (κ3) is 2.73. The van der Waals surface area contributed by atoms with Gasteiger partial charge in [-0.3, -0.25) is 0 Å². The smallest absolute Gasteiger partial charge is 0.149 e. The molecule has 0 aliphatic heterocycles. The second-order valence-corrected chi connectivity index (χ2v) is 5.80. The van der Waals surface area contributed by atoms with E-state index in [4.69, 9.17) is 0 Å². The largest absolute Gasteiger partial charge is 0.311 e. The zero-order valence-corrected chi connectivity index (χ0v) is 12.4. The first-order valence-corrected chi connectivity index (χ1v) is 7.00. The molecule has 90 valence electrons. The van der Waals surface area contributed by atoms with Crippen LogP contribution in [0.1, 0.15) is 23.5 Å². The van der Waals surface area contributed by atoms with Crippen molar-refractivity contribution in [3.05, 3.63) is 33.2 Å². The highest BCUT2D eigenvalue weighted by molar-refractivity contribution is 9.10. The summed E-state index contributed by atoms with van der Waals surface area (Å²) in [4.78, 5) is 0. The van der Waals surface area contributed by atoms with E-state index < -0.39 is 0 Å². The van der Waals surface area contributed by atoms with Gasteiger partial charge < -0.3 is 5.32 Å². The van der Waals surface area contributed by atoms with Crippen LogP contribution in [0.3, 0.4) is 0 Å². The summed E-state index contributed by atoms with van der Waals surface area (Å²) < 4.78 is 1.06. The summed E-state index contributed by atoms with van der Waals surface area (Å²) in [5, 5.41) is 13.6. The lowest BCUT2D eigenvalue weighted by Crippen LogP contribution is -2.11. The maximum absolute atomic E-state index is 4.26. The van der Waals surface area contributed by atoms with E-state index in [1.54, 1.807) is 11.3 Å². The van der Waals surface area contributed by atoms with Crippen LogP contribution in [0.2, 0.25) is 0 Å². The van der Waals surface area contributed by atoms with Gasteiger partial charge in [-0.2, -0.15) is 0 Å². The normalized spacial score (nSPS) is 12.7. The van der Waals surface area contributed by atoms with Crippen molar-refractivity contribution in [2.75, 3.05) is 7.05 Å². The fourth-order valence-electron chi connectivity index (χ4n) is 1.44. The summed E-state index contributed by atoms with van der Waals surface area (Å²) >= 11 is 5.18. The van der Waals surface area contributed by atoms with Crippen LogP contribution in [0.15, 0.2) is 22.7 Å². The topological polar surface area (TPSA) is 37.8 Å². The molecular weight excluding hydrogens is 298 g/mol. The molecule has 1 aromatic heterocycles. The molecule has 0 fully saturated rings. The fraction of sp³-hybridized carbons (Fsp3) is 0.333. The van der Waals surface area contributed by atoms with Crippen LogP contribution < -0.4 is 5.32 Å². The SMILES string of the molecule is CNC(C)c1nnc(-c2cc(C)ccc2Br)s1. The van der Waals surface area contributed by atoms with Crippen molar-refractivity contribution in [1.29, 1.82) is 0 Å². The highest BCUT2D eigenvalue weighted by Gasteiger charge is 2.13. The minimum Gasteiger partial charge on any atom is -0.311 e. The van der Waals surface area contributed by atoms with Gasteiger partial charge >= 0.3 is 0 Å². The van der Waals surface area contributed by atoms with Crippen molar-refractivity contribution in [3.8, 4) is 10.6 Å². The molecule has 0 spiro atoms. The van der Waals surface area contributed by atoms with E-state index in [2.05, 4.69) is 57.4 Å². The van der Waals surface area contributed by atoms with Crippen molar-refractivity contribution in [1.82, 2.24) is 15.5 Å². The number of aryl methyl sites for hydroxylation is 1. The Balaban J connectivity index is 2.40. The Hall–Kier alpha value is -0.780. The second-order valence-electron chi connectivity index (χ2n) is 3.94. The van der Waals surface area contributed by atoms with E-state index in [0.717, 1.165) is 20.1 Å². The highest BCUT2D eigenvalue weighted by atomic mass is 79.9. The van der Waals surface area contributed by atoms with Crippen LogP contribution in [0, 0.1) is 6.92 Å². The molecule has 5 heteroatoms. The van der Waals surface area contributed by atoms with Crippen molar-refractivity contribution in [3.63, 3.8) is 0 Å². The first kappa shape index (κ1) is 12.7. The average Bonchev–Trinajstić information content (AvgIpc) is 2.80. The molecule has 2 aromatic rings. The van der Waals surface area contributed by atoms with Gasteiger partial charge in [0, 0.05) is 10.0 Å². The van der Waals surface area contributed by atoms with Crippen LogP contribution in [0.5, 0.6) is 0 Å². The third-order valence-corrected chi connectivity index (χ3v) is 4.43. The van der Waals surface area contributed by atoms with E-state index in [-0.39, 0.29) is 6.04 Å². The lowest BCUT2D eigenvalue weighted by molar-refractivity contribution is 0.640. The average molecular weight is 312 g/mol. The Morgan fingerprint density at radius 1 is 1.35 bits per heavy atom. The van der Waals surface area contributed by atoms with Gasteiger partial charge in [0.25, 0.3) is 0 Å². The number of nitrogens with zero attached hydrogens (tertiary/aromatic N) is 2. The maximum Gasteiger partial charge on any atom is 0.149 e. The number of halogens is 1. The van der Waals surface area contributed by atoms with Crippen LogP contribution in [-0.4, -0.2) is 17.2 Å². The molecule has 0 aliphatic carbocycles. The Morgan fingerprint density at radius 2 is 2.12 bits per heavy atom. The molecular formula is C12H14BrN3S. The zero-order valence-electron chi connectivity index (χ0n) is 9.99. The van der Waals surface area contributed by atoms with E-state index in [9.17, 15) is 0 Å². The number of benzene rings is 1. The van der Waals surface area contributed by atoms with Crippen molar-refractivity contribution >= 4 is 27.3 Å². The standard InChI is InChI=1S/C12H14BrN3S/c1-7-4-5-10(13)9(6-7)12-16-15-11(17-12)8(2)14-3/h4-6,8,14H,1-3H3. The number of rotatable bonds is 3. The van der Waals surface area contributed by atoms with Crippen LogP contribution >= 0.6 is 27.3 Å². The predicted octanol–water partition coefficient (Wildman–Crippen LogP) is 3.56. The number of aromatic nitrogens is 2. The molecule has 1 atom stereocenters. The van der Waals surface area contributed by atoms with E-state index in [0.29, 0.717) is 0 Å². The molecule has 17 heavy (non-hydrogen) atoms. The molecule has 0 aliphatic rings. The Labute approximate surface area is 113 Å². The number of hydrogen-bond acceptors (Lipinski definition) is 4. The highest BCUT2D eigenvalue weighted by Crippen LogP contribution is 2.32. The Bertz CT molecular complexity index is 524. The van der Waals surface area contributed by atoms with Gasteiger partial charge in [-0.1, -0.05) is 38.9 Å². The van der Waals surface area contributed by atoms with Crippen molar-refractivity contribution < 1.29 is 0 Å². The van der Waals surface area contributed by atoms with Gasteiger partial charge in [0.15, 0.2) is 0 Å². The van der Waals surface area contributed by atoms with Gasteiger partial charge in [0.1, 0.15) is 10.0 Å². The van der Waals surface area contributed by atoms with Crippen LogP contribution in [0.25, 0.3) is 10.6 Å². The van der Waals surface area contributed by atoms with E-state index >= 15 is 0 Å². The lowest BCUT2D eigenvalue weighted by Gasteiger charge is -2.03. The Kier molecular flexibility index (Phi) is 3.91. The molecule has 1 heterocycles. The molecule has 0 saturated carbocycles. The predicted molar refractivity (Wildman–Crippen MR) is 75.3 cm³/mol. The molecule has 1 unspecified atom stereocenters. The molecule has 1 aromatic carbocycles. The van der Waals surface area contributed by atoms with Crippen LogP contribution in [0.4, 0.5) is 0 Å². The van der Waals surface area contributed by atoms with Crippen LogP contribution in [-0.2, 0) is 0 Å². The molecule has 0 amide bonds. The third-order valence-electron chi connectivity index (χ3n) is 2.60. The van der Waals surface area contributed by atoms with Crippen molar-refractivity contribution in [2.24, 2.45) is 0 Å². The summed E-state index contributed by atoms with van der Waals surface area (Å²) in [5.41, 5.74) is 2.33. The van der Waals surface area contributed by atoms with Gasteiger partial charge in [-0.05, 0) is 33.0 Å².